The summed E-state index contributed by atoms with van der Waals surface area (Å²) in [4.78, 5) is 6.62. The lowest BCUT2D eigenvalue weighted by Gasteiger charge is -2.47. The number of hydrogen-bond acceptors (Lipinski definition) is 3. The Morgan fingerprint density at radius 2 is 2.10 bits per heavy atom. The highest BCUT2D eigenvalue weighted by molar-refractivity contribution is 6.31. The molecule has 2 rings (SSSR count). The molecule has 2 unspecified atom stereocenters. The molecule has 2 atom stereocenters. The third kappa shape index (κ3) is 3.33. The largest absolute Gasteiger partial charge is 0.326 e. The minimum absolute atomic E-state index is 0.0486. The molecule has 4 heteroatoms. The second-order valence-corrected chi connectivity index (χ2v) is 6.44. The molecule has 1 aromatic rings. The van der Waals surface area contributed by atoms with Crippen LogP contribution in [-0.4, -0.2) is 34.6 Å². The summed E-state index contributed by atoms with van der Waals surface area (Å²) in [5.74, 6) is 0. The molecule has 1 aromatic heterocycles. The number of hydrogen-bond donors (Lipinski definition) is 1. The molecule has 1 fully saturated rings. The van der Waals surface area contributed by atoms with Crippen LogP contribution < -0.4 is 5.73 Å². The molecule has 0 bridgehead atoms. The van der Waals surface area contributed by atoms with E-state index in [1.165, 1.54) is 32.4 Å². The molecule has 0 spiro atoms. The molecule has 0 saturated carbocycles. The van der Waals surface area contributed by atoms with Crippen LogP contribution in [0.1, 0.15) is 45.1 Å². The van der Waals surface area contributed by atoms with Crippen molar-refractivity contribution in [2.75, 3.05) is 13.1 Å². The predicted molar refractivity (Wildman–Crippen MR) is 85.0 cm³/mol. The normalized spacial score (nSPS) is 21.4. The smallest absolute Gasteiger partial charge is 0.0621 e. The van der Waals surface area contributed by atoms with Crippen molar-refractivity contribution in [3.05, 3.63) is 29.0 Å². The maximum Gasteiger partial charge on any atom is 0.0621 e. The number of nitrogens with two attached hydrogens (primary N) is 1. The molecule has 1 aliphatic rings. The van der Waals surface area contributed by atoms with E-state index in [1.807, 2.05) is 6.07 Å². The predicted octanol–water partition coefficient (Wildman–Crippen LogP) is 3.26. The highest BCUT2D eigenvalue weighted by atomic mass is 35.5. The van der Waals surface area contributed by atoms with Crippen molar-refractivity contribution in [1.82, 2.24) is 9.88 Å². The zero-order chi connectivity index (χ0) is 14.6. The highest BCUT2D eigenvalue weighted by Crippen LogP contribution is 2.29. The fraction of sp³-hybridized carbons (Fsp3) is 0.688. The van der Waals surface area contributed by atoms with Gasteiger partial charge in [-0.3, -0.25) is 9.88 Å². The van der Waals surface area contributed by atoms with Crippen LogP contribution >= 0.6 is 11.6 Å². The van der Waals surface area contributed by atoms with Crippen LogP contribution in [-0.2, 0) is 6.42 Å². The summed E-state index contributed by atoms with van der Waals surface area (Å²) in [6.45, 7) is 6.88. The molecule has 2 heterocycles. The summed E-state index contributed by atoms with van der Waals surface area (Å²) < 4.78 is 0. The van der Waals surface area contributed by atoms with E-state index >= 15 is 0 Å². The first-order chi connectivity index (χ1) is 9.58. The monoisotopic (exact) mass is 295 g/mol. The summed E-state index contributed by atoms with van der Waals surface area (Å²) >= 11 is 6.22. The van der Waals surface area contributed by atoms with Crippen molar-refractivity contribution in [1.29, 1.82) is 0 Å². The van der Waals surface area contributed by atoms with Crippen LogP contribution in [0.25, 0.3) is 0 Å². The lowest BCUT2D eigenvalue weighted by Crippen LogP contribution is -2.59. The molecule has 0 amide bonds. The van der Waals surface area contributed by atoms with Crippen LogP contribution in [0.4, 0.5) is 0 Å². The van der Waals surface area contributed by atoms with Gasteiger partial charge in [0, 0.05) is 24.0 Å². The van der Waals surface area contributed by atoms with E-state index in [2.05, 4.69) is 23.7 Å². The summed E-state index contributed by atoms with van der Waals surface area (Å²) in [6.07, 6.45) is 9.29. The van der Waals surface area contributed by atoms with Gasteiger partial charge in [-0.2, -0.15) is 0 Å². The Labute approximate surface area is 127 Å². The molecule has 20 heavy (non-hydrogen) atoms. The quantitative estimate of drug-likeness (QED) is 0.906. The summed E-state index contributed by atoms with van der Waals surface area (Å²) in [6, 6.07) is 2.07. The molecule has 1 saturated heterocycles. The number of pyridine rings is 1. The molecule has 112 valence electrons. The number of rotatable bonds is 5. The Kier molecular flexibility index (Phi) is 5.42. The fourth-order valence-electron chi connectivity index (χ4n) is 3.15. The van der Waals surface area contributed by atoms with Gasteiger partial charge in [-0.15, -0.1) is 0 Å². The second-order valence-electron chi connectivity index (χ2n) is 6.04. The standard InChI is InChI=1S/C16H26ClN3/c1-3-16(2,20-9-5-4-6-10-20)15(18)11-13-7-8-19-12-14(13)17/h7-8,12,15H,3-6,9-11,18H2,1-2H3. The SMILES string of the molecule is CCC(C)(C(N)Cc1ccncc1Cl)N1CCCCC1. The first kappa shape index (κ1) is 15.7. The first-order valence-electron chi connectivity index (χ1n) is 7.67. The maximum absolute atomic E-state index is 6.57. The van der Waals surface area contributed by atoms with Crippen molar-refractivity contribution in [3.63, 3.8) is 0 Å². The van der Waals surface area contributed by atoms with Gasteiger partial charge < -0.3 is 5.73 Å². The highest BCUT2D eigenvalue weighted by Gasteiger charge is 2.36. The topological polar surface area (TPSA) is 42.1 Å². The van der Waals surface area contributed by atoms with Gasteiger partial charge in [-0.25, -0.2) is 0 Å². The van der Waals surface area contributed by atoms with Gasteiger partial charge in [0.2, 0.25) is 0 Å². The molecule has 1 aliphatic heterocycles. The zero-order valence-corrected chi connectivity index (χ0v) is 13.4. The van der Waals surface area contributed by atoms with E-state index in [1.54, 1.807) is 12.4 Å². The van der Waals surface area contributed by atoms with Crippen LogP contribution in [0.15, 0.2) is 18.5 Å². The van der Waals surface area contributed by atoms with Gasteiger partial charge in [0.1, 0.15) is 0 Å². The van der Waals surface area contributed by atoms with Crippen LogP contribution in [0.5, 0.6) is 0 Å². The minimum Gasteiger partial charge on any atom is -0.326 e. The van der Waals surface area contributed by atoms with E-state index in [0.29, 0.717) is 0 Å². The van der Waals surface area contributed by atoms with Crippen molar-refractivity contribution in [2.24, 2.45) is 5.73 Å². The van der Waals surface area contributed by atoms with E-state index in [4.69, 9.17) is 17.3 Å². The average Bonchev–Trinajstić information content (AvgIpc) is 2.49. The average molecular weight is 296 g/mol. The molecular formula is C16H26ClN3. The van der Waals surface area contributed by atoms with Gasteiger partial charge in [0.25, 0.3) is 0 Å². The number of aromatic nitrogens is 1. The van der Waals surface area contributed by atoms with E-state index in [0.717, 1.165) is 23.4 Å². The molecule has 3 nitrogen and oxygen atoms in total. The van der Waals surface area contributed by atoms with Crippen LogP contribution in [0.2, 0.25) is 5.02 Å². The minimum atomic E-state index is 0.0486. The lowest BCUT2D eigenvalue weighted by atomic mass is 9.83. The molecule has 2 N–H and O–H groups in total. The number of halogens is 1. The zero-order valence-electron chi connectivity index (χ0n) is 12.6. The Hall–Kier alpha value is -0.640. The van der Waals surface area contributed by atoms with Gasteiger partial charge in [-0.1, -0.05) is 24.9 Å². The first-order valence-corrected chi connectivity index (χ1v) is 8.04. The van der Waals surface area contributed by atoms with Gasteiger partial charge >= 0.3 is 0 Å². The lowest BCUT2D eigenvalue weighted by molar-refractivity contribution is 0.0546. The fourth-order valence-corrected chi connectivity index (χ4v) is 3.35. The molecule has 0 aliphatic carbocycles. The maximum atomic E-state index is 6.57. The second kappa shape index (κ2) is 6.88. The van der Waals surface area contributed by atoms with Crippen molar-refractivity contribution < 1.29 is 0 Å². The summed E-state index contributed by atoms with van der Waals surface area (Å²) in [5, 5.41) is 0.722. The summed E-state index contributed by atoms with van der Waals surface area (Å²) in [7, 11) is 0. The number of piperidine rings is 1. The molecule has 0 aromatic carbocycles. The Bertz CT molecular complexity index is 431. The van der Waals surface area contributed by atoms with Crippen molar-refractivity contribution >= 4 is 11.6 Å². The Morgan fingerprint density at radius 1 is 1.40 bits per heavy atom. The molecular weight excluding hydrogens is 270 g/mol. The van der Waals surface area contributed by atoms with Gasteiger partial charge in [-0.05, 0) is 57.3 Å². The van der Waals surface area contributed by atoms with E-state index in [9.17, 15) is 0 Å². The van der Waals surface area contributed by atoms with Crippen LogP contribution in [0, 0.1) is 0 Å². The van der Waals surface area contributed by atoms with E-state index in [-0.39, 0.29) is 11.6 Å². The number of likely N-dealkylation sites (tertiary alicyclic amines) is 1. The van der Waals surface area contributed by atoms with Crippen LogP contribution in [0.3, 0.4) is 0 Å². The molecule has 0 radical (unpaired) electrons. The van der Waals surface area contributed by atoms with Gasteiger partial charge in [0.05, 0.1) is 5.02 Å². The van der Waals surface area contributed by atoms with E-state index < -0.39 is 0 Å². The number of nitrogens with zero attached hydrogens (tertiary/aromatic N) is 2. The third-order valence-corrected chi connectivity index (χ3v) is 5.23. The third-order valence-electron chi connectivity index (χ3n) is 4.89. The van der Waals surface area contributed by atoms with Gasteiger partial charge in [0.15, 0.2) is 0 Å². The Morgan fingerprint density at radius 3 is 2.70 bits per heavy atom. The van der Waals surface area contributed by atoms with Crippen molar-refractivity contribution in [2.45, 2.75) is 57.5 Å². The Balaban J connectivity index is 2.11. The summed E-state index contributed by atoms with van der Waals surface area (Å²) in [5.41, 5.74) is 7.73. The van der Waals surface area contributed by atoms with Crippen molar-refractivity contribution in [3.8, 4) is 0 Å².